The molecule has 222 valence electrons. The van der Waals surface area contributed by atoms with Gasteiger partial charge in [0.05, 0.1) is 31.3 Å². The number of morpholine rings is 1. The Bertz CT molecular complexity index is 1260. The molecule has 8 heteroatoms. The average Bonchev–Trinajstić information content (AvgIpc) is 3.22. The predicted molar refractivity (Wildman–Crippen MR) is 154 cm³/mol. The topological polar surface area (TPSA) is 104 Å². The van der Waals surface area contributed by atoms with Crippen LogP contribution in [0.2, 0.25) is 0 Å². The normalized spacial score (nSPS) is 43.7. The third kappa shape index (κ3) is 3.89. The Labute approximate surface area is 243 Å². The molecule has 41 heavy (non-hydrogen) atoms. The van der Waals surface area contributed by atoms with E-state index in [1.165, 1.54) is 0 Å². The van der Waals surface area contributed by atoms with Crippen molar-refractivity contribution in [2.45, 2.75) is 83.6 Å². The lowest BCUT2D eigenvalue weighted by atomic mass is 9.42. The number of benzene rings is 1. The van der Waals surface area contributed by atoms with E-state index in [9.17, 15) is 9.90 Å². The van der Waals surface area contributed by atoms with Crippen LogP contribution in [0.25, 0.3) is 0 Å². The van der Waals surface area contributed by atoms with Crippen molar-refractivity contribution in [3.63, 3.8) is 0 Å². The molecule has 5 fully saturated rings. The molecule has 8 nitrogen and oxygen atoms in total. The number of aliphatic hydroxyl groups is 1. The minimum atomic E-state index is -0.661. The predicted octanol–water partition coefficient (Wildman–Crippen LogP) is 4.13. The second-order valence-electron chi connectivity index (χ2n) is 14.3. The van der Waals surface area contributed by atoms with Gasteiger partial charge >= 0.3 is 0 Å². The SMILES string of the molecule is CC1CCC2C(C)(C)C(N3CCOCC3)C(Oc3ccccc3)CC23OC2=C4C(=N)NC(=O)C4CC(O)C2CC13C. The molecule has 3 aliphatic heterocycles. The van der Waals surface area contributed by atoms with Gasteiger partial charge in [0.1, 0.15) is 29.0 Å². The van der Waals surface area contributed by atoms with Crippen LogP contribution in [0.4, 0.5) is 0 Å². The molecule has 3 saturated heterocycles. The first-order valence-electron chi connectivity index (χ1n) is 15.6. The van der Waals surface area contributed by atoms with Crippen molar-refractivity contribution in [3.05, 3.63) is 41.7 Å². The number of amides is 1. The molecule has 3 aliphatic carbocycles. The molecular formula is C33H45N3O5. The number of nitrogens with zero attached hydrogens (tertiary/aromatic N) is 1. The molecule has 7 rings (SSSR count). The molecule has 1 aromatic carbocycles. The smallest absolute Gasteiger partial charge is 0.233 e. The molecule has 9 unspecified atom stereocenters. The zero-order chi connectivity index (χ0) is 28.7. The van der Waals surface area contributed by atoms with Gasteiger partial charge in [0.25, 0.3) is 0 Å². The van der Waals surface area contributed by atoms with Crippen LogP contribution in [0.15, 0.2) is 41.7 Å². The lowest BCUT2D eigenvalue weighted by molar-refractivity contribution is -0.290. The molecule has 1 amide bonds. The fourth-order valence-corrected chi connectivity index (χ4v) is 10.1. The minimum Gasteiger partial charge on any atom is -0.490 e. The van der Waals surface area contributed by atoms with Gasteiger partial charge in [0.2, 0.25) is 5.91 Å². The largest absolute Gasteiger partial charge is 0.490 e. The van der Waals surface area contributed by atoms with E-state index in [1.807, 2.05) is 30.3 Å². The van der Waals surface area contributed by atoms with E-state index in [0.29, 0.717) is 23.7 Å². The Morgan fingerprint density at radius 1 is 1.10 bits per heavy atom. The maximum atomic E-state index is 12.8. The van der Waals surface area contributed by atoms with E-state index in [4.69, 9.17) is 19.6 Å². The Hall–Kier alpha value is -2.42. The van der Waals surface area contributed by atoms with Gasteiger partial charge in [-0.2, -0.15) is 0 Å². The molecule has 3 heterocycles. The number of fused-ring (bicyclic) bond motifs is 2. The summed E-state index contributed by atoms with van der Waals surface area (Å²) in [6, 6.07) is 10.3. The minimum absolute atomic E-state index is 0.124. The highest BCUT2D eigenvalue weighted by Gasteiger charge is 2.72. The van der Waals surface area contributed by atoms with Gasteiger partial charge < -0.3 is 24.6 Å². The summed E-state index contributed by atoms with van der Waals surface area (Å²) in [7, 11) is 0. The quantitative estimate of drug-likeness (QED) is 0.511. The highest BCUT2D eigenvalue weighted by molar-refractivity contribution is 6.16. The van der Waals surface area contributed by atoms with Gasteiger partial charge in [-0.3, -0.25) is 15.1 Å². The summed E-state index contributed by atoms with van der Waals surface area (Å²) in [4.78, 5) is 15.4. The van der Waals surface area contributed by atoms with E-state index < -0.39 is 17.6 Å². The Kier molecular flexibility index (Phi) is 6.38. The van der Waals surface area contributed by atoms with E-state index in [1.54, 1.807) is 0 Å². The van der Waals surface area contributed by atoms with Crippen molar-refractivity contribution in [2.24, 2.45) is 34.5 Å². The molecule has 9 atom stereocenters. The summed E-state index contributed by atoms with van der Waals surface area (Å²) in [5.74, 6) is 1.41. The molecule has 0 aromatic heterocycles. The van der Waals surface area contributed by atoms with Crippen LogP contribution in [0.3, 0.4) is 0 Å². The summed E-state index contributed by atoms with van der Waals surface area (Å²) in [5.41, 5.74) is -0.240. The summed E-state index contributed by atoms with van der Waals surface area (Å²) >= 11 is 0. The van der Waals surface area contributed by atoms with Crippen molar-refractivity contribution >= 4 is 11.7 Å². The van der Waals surface area contributed by atoms with Crippen LogP contribution >= 0.6 is 0 Å². The first-order chi connectivity index (χ1) is 19.6. The number of aliphatic hydroxyl groups excluding tert-OH is 1. The number of hydrogen-bond acceptors (Lipinski definition) is 7. The molecule has 2 saturated carbocycles. The van der Waals surface area contributed by atoms with Crippen molar-refractivity contribution in [2.75, 3.05) is 26.3 Å². The number of carbonyl (C=O) groups is 1. The Balaban J connectivity index is 1.38. The Morgan fingerprint density at radius 2 is 1.83 bits per heavy atom. The van der Waals surface area contributed by atoms with Crippen LogP contribution in [0, 0.1) is 39.9 Å². The zero-order valence-corrected chi connectivity index (χ0v) is 24.8. The number of para-hydroxylation sites is 1. The molecular weight excluding hydrogens is 518 g/mol. The van der Waals surface area contributed by atoms with E-state index in [0.717, 1.165) is 57.7 Å². The van der Waals surface area contributed by atoms with Crippen molar-refractivity contribution < 1.29 is 24.1 Å². The number of nitrogens with one attached hydrogen (secondary N) is 2. The molecule has 1 aromatic rings. The van der Waals surface area contributed by atoms with E-state index in [-0.39, 0.29) is 46.6 Å². The van der Waals surface area contributed by atoms with Crippen molar-refractivity contribution in [3.8, 4) is 5.75 Å². The van der Waals surface area contributed by atoms with Crippen LogP contribution < -0.4 is 10.1 Å². The average molecular weight is 564 g/mol. The fraction of sp³-hybridized carbons (Fsp3) is 0.697. The fourth-order valence-electron chi connectivity index (χ4n) is 10.1. The van der Waals surface area contributed by atoms with Gasteiger partial charge in [-0.15, -0.1) is 0 Å². The van der Waals surface area contributed by atoms with Gasteiger partial charge in [-0.05, 0) is 49.1 Å². The number of rotatable bonds is 3. The lowest BCUT2D eigenvalue weighted by Crippen LogP contribution is -2.75. The number of ether oxygens (including phenoxy) is 3. The number of hydrogen-bond donors (Lipinski definition) is 3. The third-order valence-electron chi connectivity index (χ3n) is 12.2. The maximum absolute atomic E-state index is 12.8. The molecule has 1 spiro atoms. The van der Waals surface area contributed by atoms with Crippen LogP contribution in [-0.2, 0) is 14.3 Å². The molecule has 6 aliphatic rings. The monoisotopic (exact) mass is 563 g/mol. The van der Waals surface area contributed by atoms with Crippen LogP contribution in [-0.4, -0.2) is 71.9 Å². The summed E-state index contributed by atoms with van der Waals surface area (Å²) < 4.78 is 20.2. The second kappa shape index (κ2) is 9.55. The highest BCUT2D eigenvalue weighted by atomic mass is 16.5. The van der Waals surface area contributed by atoms with Crippen LogP contribution in [0.5, 0.6) is 5.75 Å². The summed E-state index contributed by atoms with van der Waals surface area (Å²) in [5, 5.41) is 22.8. The summed E-state index contributed by atoms with van der Waals surface area (Å²) in [6.45, 7) is 12.8. The van der Waals surface area contributed by atoms with E-state index in [2.05, 4.69) is 37.9 Å². The van der Waals surface area contributed by atoms with Gasteiger partial charge in [-0.25, -0.2) is 0 Å². The Morgan fingerprint density at radius 3 is 2.56 bits per heavy atom. The van der Waals surface area contributed by atoms with Gasteiger partial charge in [0.15, 0.2) is 0 Å². The molecule has 0 radical (unpaired) electrons. The highest BCUT2D eigenvalue weighted by Crippen LogP contribution is 2.69. The van der Waals surface area contributed by atoms with Crippen molar-refractivity contribution in [1.82, 2.24) is 10.2 Å². The molecule has 0 bridgehead atoms. The maximum Gasteiger partial charge on any atom is 0.233 e. The van der Waals surface area contributed by atoms with Crippen LogP contribution in [0.1, 0.15) is 59.8 Å². The van der Waals surface area contributed by atoms with Crippen molar-refractivity contribution in [1.29, 1.82) is 5.41 Å². The first kappa shape index (κ1) is 27.4. The van der Waals surface area contributed by atoms with Gasteiger partial charge in [-0.1, -0.05) is 45.9 Å². The van der Waals surface area contributed by atoms with Gasteiger partial charge in [0, 0.05) is 42.3 Å². The third-order valence-corrected chi connectivity index (χ3v) is 12.2. The standard InChI is InChI=1S/C33H45N3O5/c1-19-10-11-25-31(2,3)28(36-12-14-39-15-13-36)24(40-20-8-6-5-7-9-20)18-33(25)32(19,4)17-22-23(37)16-21-26(27(22)41-33)29(34)35-30(21)38/h5-9,19,21-25,28,37H,10-18H2,1-4H3,(H2,34,35,38). The zero-order valence-electron chi connectivity index (χ0n) is 24.8. The lowest BCUT2D eigenvalue weighted by Gasteiger charge is -2.70. The number of carbonyl (C=O) groups excluding carboxylic acids is 1. The number of amidine groups is 1. The molecule has 3 N–H and O–H groups in total. The van der Waals surface area contributed by atoms with E-state index >= 15 is 0 Å². The summed E-state index contributed by atoms with van der Waals surface area (Å²) in [6.07, 6.45) is 3.24. The second-order valence-corrected chi connectivity index (χ2v) is 14.3. The first-order valence-corrected chi connectivity index (χ1v) is 15.6.